The van der Waals surface area contributed by atoms with E-state index in [1.54, 1.807) is 11.3 Å². The van der Waals surface area contributed by atoms with Gasteiger partial charge in [0.15, 0.2) is 10.8 Å². The predicted molar refractivity (Wildman–Crippen MR) is 309 cm³/mol. The average molecular weight is 980 g/mol. The molecule has 0 bridgehead atoms. The van der Waals surface area contributed by atoms with Crippen LogP contribution in [0.2, 0.25) is 0 Å². The van der Waals surface area contributed by atoms with Gasteiger partial charge in [0.2, 0.25) is 0 Å². The van der Waals surface area contributed by atoms with Gasteiger partial charge in [-0.25, -0.2) is 0 Å². The molecular weight excluding hydrogens is 944 g/mol. The van der Waals surface area contributed by atoms with E-state index in [4.69, 9.17) is 13.9 Å². The van der Waals surface area contributed by atoms with E-state index >= 15 is 0 Å². The molecule has 0 spiro atoms. The van der Waals surface area contributed by atoms with Crippen LogP contribution in [0.25, 0.3) is 69.9 Å². The van der Waals surface area contributed by atoms with E-state index in [-0.39, 0.29) is 13.4 Å². The summed E-state index contributed by atoms with van der Waals surface area (Å²) < 4.78 is 27.9. The van der Waals surface area contributed by atoms with Crippen LogP contribution in [-0.4, -0.2) is 17.8 Å². The SMILES string of the molecule is c1ccc(-c2oc3c(c2-c2ccccc2)N(c2ccccc2)c2cccc4c2B3c2c(sc3c5c(sc23)B2c3ccccc3N(c3cc6c7ccccc7n7c8ccccc8c(c3)c67)c3cccc(c32)O5)O4)cc1. The second-order valence-electron chi connectivity index (χ2n) is 19.8. The maximum absolute atomic E-state index is 7.53. The highest BCUT2D eigenvalue weighted by molar-refractivity contribution is 7.39. The molecule has 9 aromatic carbocycles. The van der Waals surface area contributed by atoms with Crippen LogP contribution in [0.4, 0.5) is 34.1 Å². The van der Waals surface area contributed by atoms with Gasteiger partial charge < -0.3 is 28.1 Å². The van der Waals surface area contributed by atoms with E-state index in [0.29, 0.717) is 0 Å². The molecule has 0 aliphatic carbocycles. The van der Waals surface area contributed by atoms with Crippen LogP contribution in [0, 0.1) is 0 Å². The monoisotopic (exact) mass is 979 g/mol. The Labute approximate surface area is 432 Å². The Balaban J connectivity index is 0.864. The Bertz CT molecular complexity index is 4630. The van der Waals surface area contributed by atoms with E-state index in [9.17, 15) is 0 Å². The fraction of sp³-hybridized carbons (Fsp3) is 0. The zero-order valence-corrected chi connectivity index (χ0v) is 40.9. The summed E-state index contributed by atoms with van der Waals surface area (Å²) in [6.07, 6.45) is 0. The number of furan rings is 1. The van der Waals surface area contributed by atoms with Crippen LogP contribution in [0.15, 0.2) is 217 Å². The first kappa shape index (κ1) is 39.6. The lowest BCUT2D eigenvalue weighted by atomic mass is 9.36. The lowest BCUT2D eigenvalue weighted by Gasteiger charge is -2.39. The highest BCUT2D eigenvalue weighted by atomic mass is 32.1. The third-order valence-electron chi connectivity index (χ3n) is 16.1. The molecule has 4 aliphatic rings. The number of ether oxygens (including phenoxy) is 2. The number of anilines is 6. The van der Waals surface area contributed by atoms with Crippen LogP contribution in [0.3, 0.4) is 0 Å². The van der Waals surface area contributed by atoms with Crippen LogP contribution in [-0.2, 0) is 0 Å². The number of nitrogens with zero attached hydrogens (tertiary/aromatic N) is 3. The van der Waals surface area contributed by atoms with Gasteiger partial charge in [0.1, 0.15) is 22.9 Å². The number of fused-ring (bicyclic) bond motifs is 17. The zero-order valence-electron chi connectivity index (χ0n) is 39.2. The van der Waals surface area contributed by atoms with E-state index in [1.807, 2.05) is 11.3 Å². The average Bonchev–Trinajstić information content (AvgIpc) is 4.31. The van der Waals surface area contributed by atoms with Gasteiger partial charge in [-0.05, 0) is 83.2 Å². The third-order valence-corrected chi connectivity index (χ3v) is 18.5. The van der Waals surface area contributed by atoms with Gasteiger partial charge in [0.05, 0.1) is 32.5 Å². The number of aromatic nitrogens is 1. The van der Waals surface area contributed by atoms with Crippen molar-refractivity contribution in [3.8, 4) is 44.8 Å². The van der Waals surface area contributed by atoms with E-state index in [1.165, 1.54) is 64.2 Å². The molecule has 6 nitrogen and oxygen atoms in total. The van der Waals surface area contributed by atoms with Crippen molar-refractivity contribution in [1.29, 1.82) is 0 Å². The predicted octanol–water partition coefficient (Wildman–Crippen LogP) is 13.9. The maximum Gasteiger partial charge on any atom is 0.304 e. The Morgan fingerprint density at radius 1 is 0.432 bits per heavy atom. The highest BCUT2D eigenvalue weighted by Crippen LogP contribution is 2.53. The van der Waals surface area contributed by atoms with Gasteiger partial charge in [-0.3, -0.25) is 0 Å². The highest BCUT2D eigenvalue weighted by Gasteiger charge is 2.51. The first-order chi connectivity index (χ1) is 36.7. The summed E-state index contributed by atoms with van der Waals surface area (Å²) in [5.74, 6) is 3.49. The molecule has 5 aromatic heterocycles. The van der Waals surface area contributed by atoms with Crippen molar-refractivity contribution in [2.45, 2.75) is 0 Å². The van der Waals surface area contributed by atoms with Crippen molar-refractivity contribution in [2.24, 2.45) is 0 Å². The molecule has 74 heavy (non-hydrogen) atoms. The molecule has 0 saturated heterocycles. The summed E-state index contributed by atoms with van der Waals surface area (Å²) in [5.41, 5.74) is 19.1. The number of para-hydroxylation sites is 4. The van der Waals surface area contributed by atoms with E-state index in [2.05, 4.69) is 227 Å². The lowest BCUT2D eigenvalue weighted by Crippen LogP contribution is -2.59. The fourth-order valence-electron chi connectivity index (χ4n) is 13.2. The Morgan fingerprint density at radius 3 is 1.76 bits per heavy atom. The number of thiophene rings is 2. The molecule has 0 unspecified atom stereocenters. The molecule has 0 fully saturated rings. The van der Waals surface area contributed by atoms with Crippen LogP contribution in [0.5, 0.6) is 22.3 Å². The van der Waals surface area contributed by atoms with Crippen LogP contribution in [0.1, 0.15) is 0 Å². The summed E-state index contributed by atoms with van der Waals surface area (Å²) in [6.45, 7) is -0.316. The summed E-state index contributed by atoms with van der Waals surface area (Å²) in [5, 5.41) is 5.90. The van der Waals surface area contributed by atoms with Crippen molar-refractivity contribution < 1.29 is 13.9 Å². The minimum atomic E-state index is -0.261. The molecule has 18 rings (SSSR count). The summed E-state index contributed by atoms with van der Waals surface area (Å²) >= 11 is 3.56. The van der Waals surface area contributed by atoms with Crippen LogP contribution >= 0.6 is 22.7 Å². The Kier molecular flexibility index (Phi) is 7.70. The molecule has 342 valence electrons. The molecule has 0 amide bonds. The molecule has 0 saturated carbocycles. The zero-order chi connectivity index (χ0) is 47.9. The van der Waals surface area contributed by atoms with Crippen LogP contribution < -0.4 is 51.6 Å². The molecule has 9 heterocycles. The standard InChI is InChI=1S/C64H35B2N3O3S2/c1-4-18-36(19-5-1)52-57-62(72-58(52)37-20-6-2-7-21-37)66-54-49(68(57)38-22-8-3-9-23-38)31-17-33-51(54)71-64-55(66)60-61(74-64)59-63(73-60)65-44-26-12-15-29-47(44)67(48-30-16-32-50(70-59)53(48)65)39-34-42-40-24-10-13-27-45(40)69-46-28-14-11-25-41(46)43(35-39)56(42)69/h1-35H. The number of hydrogen-bond donors (Lipinski definition) is 0. The van der Waals surface area contributed by atoms with Crippen molar-refractivity contribution in [2.75, 3.05) is 9.80 Å². The van der Waals surface area contributed by atoms with Gasteiger partial charge in [0, 0.05) is 75.9 Å². The maximum atomic E-state index is 7.53. The summed E-state index contributed by atoms with van der Waals surface area (Å²) in [6, 6.07) is 76.6. The minimum absolute atomic E-state index is 0.0556. The first-order valence-corrected chi connectivity index (χ1v) is 26.8. The van der Waals surface area contributed by atoms with Gasteiger partial charge in [-0.2, -0.15) is 0 Å². The topological polar surface area (TPSA) is 42.5 Å². The van der Waals surface area contributed by atoms with Crippen molar-refractivity contribution in [1.82, 2.24) is 4.40 Å². The number of rotatable bonds is 4. The van der Waals surface area contributed by atoms with E-state index in [0.717, 1.165) is 94.5 Å². The summed E-state index contributed by atoms with van der Waals surface area (Å²) in [7, 11) is 0. The lowest BCUT2D eigenvalue weighted by molar-refractivity contribution is 0.495. The molecule has 0 atom stereocenters. The van der Waals surface area contributed by atoms with Crippen molar-refractivity contribution in [3.63, 3.8) is 0 Å². The number of benzene rings is 9. The van der Waals surface area contributed by atoms with Gasteiger partial charge >= 0.3 is 6.71 Å². The molecule has 4 aliphatic heterocycles. The van der Waals surface area contributed by atoms with Gasteiger partial charge in [-0.15, -0.1) is 11.3 Å². The second kappa shape index (κ2) is 14.4. The van der Waals surface area contributed by atoms with Gasteiger partial charge in [0.25, 0.3) is 6.71 Å². The third kappa shape index (κ3) is 5.01. The van der Waals surface area contributed by atoms with Crippen molar-refractivity contribution in [3.05, 3.63) is 212 Å². The first-order valence-electron chi connectivity index (χ1n) is 25.1. The normalized spacial score (nSPS) is 13.8. The van der Waals surface area contributed by atoms with E-state index < -0.39 is 0 Å². The molecular formula is C64H35B2N3O3S2. The molecule has 0 N–H and O–H groups in total. The molecule has 10 heteroatoms. The molecule has 14 aromatic rings. The molecule has 0 radical (unpaired) electrons. The Morgan fingerprint density at radius 2 is 1.03 bits per heavy atom. The quantitative estimate of drug-likeness (QED) is 0.164. The van der Waals surface area contributed by atoms with Crippen molar-refractivity contribution >= 4 is 150 Å². The largest absolute Gasteiger partial charge is 0.467 e. The number of hydrogen-bond acceptors (Lipinski definition) is 7. The smallest absolute Gasteiger partial charge is 0.304 e. The minimum Gasteiger partial charge on any atom is -0.467 e. The Hall–Kier alpha value is -8.95. The fourth-order valence-corrected chi connectivity index (χ4v) is 16.0. The second-order valence-corrected chi connectivity index (χ2v) is 21.8. The van der Waals surface area contributed by atoms with Gasteiger partial charge in [-0.1, -0.05) is 157 Å². The summed E-state index contributed by atoms with van der Waals surface area (Å²) in [4.78, 5) is 4.88.